The summed E-state index contributed by atoms with van der Waals surface area (Å²) in [5.41, 5.74) is 5.43. The van der Waals surface area contributed by atoms with Gasteiger partial charge in [0.15, 0.2) is 0 Å². The van der Waals surface area contributed by atoms with Crippen molar-refractivity contribution in [2.24, 2.45) is 11.7 Å². The van der Waals surface area contributed by atoms with Crippen LogP contribution < -0.4 is 10.5 Å². The molecule has 0 bridgehead atoms. The standard InChI is InChI=1S/C13H22N2O3S/c1-2-10-5-3-4-6-12(10)15-19(16,17)13-8-7-11(9-14)18-13/h7-8,10,12,15H,2-6,9,14H2,1H3. The summed E-state index contributed by atoms with van der Waals surface area (Å²) in [4.78, 5) is 0. The molecule has 2 rings (SSSR count). The fourth-order valence-corrected chi connectivity index (χ4v) is 4.01. The molecule has 6 heteroatoms. The van der Waals surface area contributed by atoms with Crippen molar-refractivity contribution in [3.05, 3.63) is 17.9 Å². The van der Waals surface area contributed by atoms with Crippen molar-refractivity contribution in [3.8, 4) is 0 Å². The van der Waals surface area contributed by atoms with Gasteiger partial charge < -0.3 is 10.2 Å². The molecule has 0 spiro atoms. The van der Waals surface area contributed by atoms with E-state index >= 15 is 0 Å². The van der Waals surface area contributed by atoms with Gasteiger partial charge in [0.25, 0.3) is 10.0 Å². The van der Waals surface area contributed by atoms with Crippen LogP contribution in [0, 0.1) is 5.92 Å². The molecular weight excluding hydrogens is 264 g/mol. The summed E-state index contributed by atoms with van der Waals surface area (Å²) in [6.07, 6.45) is 5.27. The Labute approximate surface area is 114 Å². The van der Waals surface area contributed by atoms with Crippen molar-refractivity contribution in [3.63, 3.8) is 0 Å². The first kappa shape index (κ1) is 14.6. The minimum atomic E-state index is -3.56. The Balaban J connectivity index is 2.11. The Kier molecular flexibility index (Phi) is 4.65. The highest BCUT2D eigenvalue weighted by molar-refractivity contribution is 7.89. The molecule has 1 aromatic rings. The molecule has 0 amide bonds. The van der Waals surface area contributed by atoms with Crippen LogP contribution in [-0.4, -0.2) is 14.5 Å². The second-order valence-electron chi connectivity index (χ2n) is 5.11. The van der Waals surface area contributed by atoms with Gasteiger partial charge >= 0.3 is 0 Å². The third-order valence-corrected chi connectivity index (χ3v) is 5.21. The molecule has 1 saturated carbocycles. The van der Waals surface area contributed by atoms with Gasteiger partial charge in [0, 0.05) is 6.04 Å². The molecule has 0 radical (unpaired) electrons. The van der Waals surface area contributed by atoms with Crippen LogP contribution in [0.15, 0.2) is 21.6 Å². The topological polar surface area (TPSA) is 85.3 Å². The third-order valence-electron chi connectivity index (χ3n) is 3.84. The van der Waals surface area contributed by atoms with E-state index in [2.05, 4.69) is 11.6 Å². The van der Waals surface area contributed by atoms with Gasteiger partial charge in [-0.15, -0.1) is 0 Å². The summed E-state index contributed by atoms with van der Waals surface area (Å²) >= 11 is 0. The van der Waals surface area contributed by atoms with Crippen molar-refractivity contribution in [2.45, 2.75) is 56.7 Å². The van der Waals surface area contributed by atoms with Gasteiger partial charge in [-0.2, -0.15) is 0 Å². The van der Waals surface area contributed by atoms with Crippen LogP contribution in [0.2, 0.25) is 0 Å². The van der Waals surface area contributed by atoms with E-state index in [1.807, 2.05) is 0 Å². The largest absolute Gasteiger partial charge is 0.447 e. The first-order chi connectivity index (χ1) is 9.06. The summed E-state index contributed by atoms with van der Waals surface area (Å²) < 4.78 is 32.5. The molecule has 1 aliphatic rings. The first-order valence-corrected chi connectivity index (χ1v) is 8.36. The van der Waals surface area contributed by atoms with Crippen LogP contribution in [0.1, 0.15) is 44.8 Å². The number of sulfonamides is 1. The maximum Gasteiger partial charge on any atom is 0.274 e. The van der Waals surface area contributed by atoms with Gasteiger partial charge in [0.2, 0.25) is 5.09 Å². The molecule has 2 atom stereocenters. The highest BCUT2D eigenvalue weighted by Crippen LogP contribution is 2.28. The Morgan fingerprint density at radius 1 is 1.37 bits per heavy atom. The van der Waals surface area contributed by atoms with Gasteiger partial charge in [-0.3, -0.25) is 0 Å². The highest BCUT2D eigenvalue weighted by atomic mass is 32.2. The smallest absolute Gasteiger partial charge is 0.274 e. The molecular formula is C13H22N2O3S. The molecule has 1 aromatic heterocycles. The molecule has 1 aliphatic carbocycles. The quantitative estimate of drug-likeness (QED) is 0.866. The average Bonchev–Trinajstić information content (AvgIpc) is 2.88. The Morgan fingerprint density at radius 2 is 2.11 bits per heavy atom. The van der Waals surface area contributed by atoms with Crippen LogP contribution in [0.5, 0.6) is 0 Å². The SMILES string of the molecule is CCC1CCCCC1NS(=O)(=O)c1ccc(CN)o1. The fourth-order valence-electron chi connectivity index (χ4n) is 2.72. The second-order valence-corrected chi connectivity index (χ2v) is 6.75. The lowest BCUT2D eigenvalue weighted by molar-refractivity contribution is 0.280. The molecule has 0 aliphatic heterocycles. The summed E-state index contributed by atoms with van der Waals surface area (Å²) in [5, 5.41) is -0.0339. The maximum atomic E-state index is 12.2. The Hall–Kier alpha value is -0.850. The predicted octanol–water partition coefficient (Wildman–Crippen LogP) is 1.99. The summed E-state index contributed by atoms with van der Waals surface area (Å²) in [5.74, 6) is 0.906. The molecule has 1 heterocycles. The van der Waals surface area contributed by atoms with Gasteiger partial charge in [0.1, 0.15) is 5.76 Å². The van der Waals surface area contributed by atoms with Crippen molar-refractivity contribution < 1.29 is 12.8 Å². The van der Waals surface area contributed by atoms with Crippen molar-refractivity contribution in [2.75, 3.05) is 0 Å². The van der Waals surface area contributed by atoms with E-state index in [1.165, 1.54) is 12.5 Å². The lowest BCUT2D eigenvalue weighted by Gasteiger charge is -2.30. The Morgan fingerprint density at radius 3 is 2.74 bits per heavy atom. The second kappa shape index (κ2) is 6.07. The van der Waals surface area contributed by atoms with Crippen LogP contribution in [0.25, 0.3) is 0 Å². The van der Waals surface area contributed by atoms with Crippen LogP contribution in [0.3, 0.4) is 0 Å². The molecule has 0 saturated heterocycles. The molecule has 108 valence electrons. The van der Waals surface area contributed by atoms with E-state index in [0.29, 0.717) is 11.7 Å². The van der Waals surface area contributed by atoms with E-state index in [0.717, 1.165) is 25.7 Å². The van der Waals surface area contributed by atoms with E-state index < -0.39 is 10.0 Å². The van der Waals surface area contributed by atoms with Crippen molar-refractivity contribution in [1.82, 2.24) is 4.72 Å². The van der Waals surface area contributed by atoms with E-state index in [4.69, 9.17) is 10.2 Å². The molecule has 5 nitrogen and oxygen atoms in total. The third kappa shape index (κ3) is 3.38. The number of nitrogens with two attached hydrogens (primary N) is 1. The molecule has 1 fully saturated rings. The van der Waals surface area contributed by atoms with Crippen LogP contribution in [0.4, 0.5) is 0 Å². The minimum absolute atomic E-state index is 0.0233. The van der Waals surface area contributed by atoms with Gasteiger partial charge in [-0.25, -0.2) is 13.1 Å². The molecule has 0 aromatic carbocycles. The number of hydrogen-bond donors (Lipinski definition) is 2. The lowest BCUT2D eigenvalue weighted by Crippen LogP contribution is -2.41. The van der Waals surface area contributed by atoms with Gasteiger partial charge in [-0.05, 0) is 30.9 Å². The van der Waals surface area contributed by atoms with Gasteiger partial charge in [-0.1, -0.05) is 26.2 Å². The monoisotopic (exact) mass is 286 g/mol. The Bertz CT molecular complexity index is 510. The summed E-state index contributed by atoms with van der Waals surface area (Å²) in [7, 11) is -3.56. The number of rotatable bonds is 5. The lowest BCUT2D eigenvalue weighted by atomic mass is 9.83. The highest BCUT2D eigenvalue weighted by Gasteiger charge is 2.29. The molecule has 2 unspecified atom stereocenters. The van der Waals surface area contributed by atoms with Gasteiger partial charge in [0.05, 0.1) is 6.54 Å². The molecule has 19 heavy (non-hydrogen) atoms. The van der Waals surface area contributed by atoms with E-state index in [1.54, 1.807) is 6.07 Å². The summed E-state index contributed by atoms with van der Waals surface area (Å²) in [6, 6.07) is 3.09. The van der Waals surface area contributed by atoms with E-state index in [9.17, 15) is 8.42 Å². The molecule has 3 N–H and O–H groups in total. The zero-order valence-electron chi connectivity index (χ0n) is 11.3. The number of furan rings is 1. The fraction of sp³-hybridized carbons (Fsp3) is 0.692. The van der Waals surface area contributed by atoms with Crippen LogP contribution >= 0.6 is 0 Å². The summed E-state index contributed by atoms with van der Waals surface area (Å²) in [6.45, 7) is 2.31. The van der Waals surface area contributed by atoms with E-state index in [-0.39, 0.29) is 17.7 Å². The predicted molar refractivity (Wildman–Crippen MR) is 73.0 cm³/mol. The van der Waals surface area contributed by atoms with Crippen LogP contribution in [-0.2, 0) is 16.6 Å². The minimum Gasteiger partial charge on any atom is -0.447 e. The number of hydrogen-bond acceptors (Lipinski definition) is 4. The maximum absolute atomic E-state index is 12.2. The average molecular weight is 286 g/mol. The zero-order valence-corrected chi connectivity index (χ0v) is 12.1. The zero-order chi connectivity index (χ0) is 13.9. The number of nitrogens with one attached hydrogen (secondary N) is 1. The van der Waals surface area contributed by atoms with Crippen molar-refractivity contribution in [1.29, 1.82) is 0 Å². The normalized spacial score (nSPS) is 24.5. The first-order valence-electron chi connectivity index (χ1n) is 6.88. The van der Waals surface area contributed by atoms with Crippen molar-refractivity contribution >= 4 is 10.0 Å².